The zero-order chi connectivity index (χ0) is 23.2. The van der Waals surface area contributed by atoms with Gasteiger partial charge in [0.1, 0.15) is 29.2 Å². The third-order valence-corrected chi connectivity index (χ3v) is 5.69. The molecule has 0 radical (unpaired) electrons. The van der Waals surface area contributed by atoms with Crippen LogP contribution in [0.4, 0.5) is 14.6 Å². The molecule has 1 saturated heterocycles. The second-order valence-electron chi connectivity index (χ2n) is 7.48. The standard InChI is InChI=1S/C23H19ClF2N4O2/c1-4-18(32)30-12(2)9-29(10-13(30)3)23-14-8-15(24)19(21(26)22(14)27-11-28-23)20-16(25)6-5-7-17(20)31/h4-8,11,13,31H,1-2,9-10H2,3H3/t13-/m0/s1. The minimum atomic E-state index is -0.871. The number of amides is 1. The predicted octanol–water partition coefficient (Wildman–Crippen LogP) is 4.67. The number of hydrogen-bond donors (Lipinski definition) is 1. The van der Waals surface area contributed by atoms with Crippen LogP contribution in [0.2, 0.25) is 5.02 Å². The Morgan fingerprint density at radius 1 is 1.31 bits per heavy atom. The van der Waals surface area contributed by atoms with Crippen LogP contribution in [0.5, 0.6) is 5.75 Å². The first kappa shape index (κ1) is 21.7. The molecule has 9 heteroatoms. The number of piperazine rings is 1. The second kappa shape index (κ2) is 8.20. The first-order valence-corrected chi connectivity index (χ1v) is 10.1. The van der Waals surface area contributed by atoms with Crippen LogP contribution in [0.1, 0.15) is 6.92 Å². The molecule has 1 aliphatic rings. The average Bonchev–Trinajstić information content (AvgIpc) is 2.74. The fourth-order valence-corrected chi connectivity index (χ4v) is 4.35. The maximum Gasteiger partial charge on any atom is 0.250 e. The molecule has 0 spiro atoms. The molecule has 1 N–H and O–H groups in total. The normalized spacial score (nSPS) is 16.5. The number of carbonyl (C=O) groups excluding carboxylic acids is 1. The lowest BCUT2D eigenvalue weighted by molar-refractivity contribution is -0.126. The van der Waals surface area contributed by atoms with E-state index in [0.717, 1.165) is 6.07 Å². The second-order valence-corrected chi connectivity index (χ2v) is 7.89. The molecule has 164 valence electrons. The van der Waals surface area contributed by atoms with Crippen molar-refractivity contribution in [3.63, 3.8) is 0 Å². The lowest BCUT2D eigenvalue weighted by Gasteiger charge is -2.41. The van der Waals surface area contributed by atoms with E-state index in [1.165, 1.54) is 30.6 Å². The van der Waals surface area contributed by atoms with Gasteiger partial charge >= 0.3 is 0 Å². The van der Waals surface area contributed by atoms with Crippen molar-refractivity contribution in [2.75, 3.05) is 18.0 Å². The zero-order valence-electron chi connectivity index (χ0n) is 17.1. The van der Waals surface area contributed by atoms with Gasteiger partial charge < -0.3 is 14.9 Å². The molecule has 1 atom stereocenters. The molecule has 0 unspecified atom stereocenters. The molecule has 32 heavy (non-hydrogen) atoms. The topological polar surface area (TPSA) is 69.6 Å². The van der Waals surface area contributed by atoms with Crippen molar-refractivity contribution >= 4 is 34.2 Å². The van der Waals surface area contributed by atoms with Crippen LogP contribution >= 0.6 is 11.6 Å². The van der Waals surface area contributed by atoms with Gasteiger partial charge in [0.15, 0.2) is 5.82 Å². The smallest absolute Gasteiger partial charge is 0.250 e. The molecular formula is C23H19ClF2N4O2. The predicted molar refractivity (Wildman–Crippen MR) is 119 cm³/mol. The Hall–Kier alpha value is -3.52. The number of nitrogens with zero attached hydrogens (tertiary/aromatic N) is 4. The van der Waals surface area contributed by atoms with Gasteiger partial charge in [0.25, 0.3) is 0 Å². The Labute approximate surface area is 188 Å². The van der Waals surface area contributed by atoms with Gasteiger partial charge in [-0.25, -0.2) is 18.7 Å². The molecule has 1 amide bonds. The van der Waals surface area contributed by atoms with Crippen molar-refractivity contribution in [1.82, 2.24) is 14.9 Å². The molecule has 0 saturated carbocycles. The quantitative estimate of drug-likeness (QED) is 0.580. The third-order valence-electron chi connectivity index (χ3n) is 5.39. The van der Waals surface area contributed by atoms with E-state index in [9.17, 15) is 14.3 Å². The van der Waals surface area contributed by atoms with Gasteiger partial charge in [0.05, 0.1) is 23.2 Å². The van der Waals surface area contributed by atoms with Crippen LogP contribution in [0.25, 0.3) is 22.0 Å². The van der Waals surface area contributed by atoms with Crippen molar-refractivity contribution in [1.29, 1.82) is 0 Å². The van der Waals surface area contributed by atoms with Crippen LogP contribution in [0, 0.1) is 11.6 Å². The summed E-state index contributed by atoms with van der Waals surface area (Å²) in [6, 6.07) is 4.89. The van der Waals surface area contributed by atoms with E-state index >= 15 is 4.39 Å². The Morgan fingerprint density at radius 3 is 2.72 bits per heavy atom. The monoisotopic (exact) mass is 456 g/mol. The van der Waals surface area contributed by atoms with Crippen molar-refractivity contribution in [2.45, 2.75) is 13.0 Å². The van der Waals surface area contributed by atoms with E-state index in [2.05, 4.69) is 23.1 Å². The van der Waals surface area contributed by atoms with Gasteiger partial charge in [-0.1, -0.05) is 30.8 Å². The maximum absolute atomic E-state index is 15.5. The molecule has 2 heterocycles. The van der Waals surface area contributed by atoms with Gasteiger partial charge in [-0.2, -0.15) is 0 Å². The zero-order valence-corrected chi connectivity index (χ0v) is 17.9. The summed E-state index contributed by atoms with van der Waals surface area (Å²) in [7, 11) is 0. The lowest BCUT2D eigenvalue weighted by Crippen LogP contribution is -2.52. The van der Waals surface area contributed by atoms with E-state index < -0.39 is 17.4 Å². The van der Waals surface area contributed by atoms with Gasteiger partial charge in [0.2, 0.25) is 5.91 Å². The number of phenols is 1. The summed E-state index contributed by atoms with van der Waals surface area (Å²) in [6.07, 6.45) is 2.43. The van der Waals surface area contributed by atoms with Crippen molar-refractivity contribution in [2.24, 2.45) is 0 Å². The number of hydrogen-bond acceptors (Lipinski definition) is 5. The van der Waals surface area contributed by atoms with Crippen LogP contribution in [0.3, 0.4) is 0 Å². The number of benzene rings is 2. The summed E-state index contributed by atoms with van der Waals surface area (Å²) in [5.74, 6) is -1.97. The van der Waals surface area contributed by atoms with Gasteiger partial charge in [-0.05, 0) is 31.2 Å². The molecule has 1 fully saturated rings. The van der Waals surface area contributed by atoms with Crippen molar-refractivity contribution < 1.29 is 18.7 Å². The highest BCUT2D eigenvalue weighted by atomic mass is 35.5. The SMILES string of the molecule is C=CC(=O)N1C(=C)CN(c2ncnc3c(F)c(-c4c(O)cccc4F)c(Cl)cc23)C[C@@H]1C. The van der Waals surface area contributed by atoms with Crippen LogP contribution < -0.4 is 4.90 Å². The van der Waals surface area contributed by atoms with E-state index in [0.29, 0.717) is 23.4 Å². The van der Waals surface area contributed by atoms with E-state index in [-0.39, 0.29) is 40.2 Å². The van der Waals surface area contributed by atoms with E-state index in [1.54, 1.807) is 4.90 Å². The number of aromatic hydroxyl groups is 1. The Bertz CT molecular complexity index is 1260. The molecule has 2 aromatic carbocycles. The minimum absolute atomic E-state index is 0.0695. The fraction of sp³-hybridized carbons (Fsp3) is 0.174. The summed E-state index contributed by atoms with van der Waals surface area (Å²) in [5, 5.41) is 10.3. The molecule has 3 aromatic rings. The molecule has 0 bridgehead atoms. The number of phenolic OH excluding ortho intramolecular Hbond substituents is 1. The summed E-state index contributed by atoms with van der Waals surface area (Å²) in [4.78, 5) is 23.9. The Balaban J connectivity index is 1.84. The van der Waals surface area contributed by atoms with Crippen molar-refractivity contribution in [3.05, 3.63) is 72.2 Å². The number of halogens is 3. The third kappa shape index (κ3) is 3.46. The summed E-state index contributed by atoms with van der Waals surface area (Å²) in [5.41, 5.74) is -0.144. The molecule has 1 aliphatic heterocycles. The van der Waals surface area contributed by atoms with Crippen LogP contribution in [-0.2, 0) is 4.79 Å². The number of fused-ring (bicyclic) bond motifs is 1. The highest BCUT2D eigenvalue weighted by Gasteiger charge is 2.31. The van der Waals surface area contributed by atoms with Crippen LogP contribution in [0.15, 0.2) is 55.5 Å². The number of carbonyl (C=O) groups is 1. The lowest BCUT2D eigenvalue weighted by atomic mass is 10.0. The highest BCUT2D eigenvalue weighted by molar-refractivity contribution is 6.34. The Kier molecular flexibility index (Phi) is 5.56. The average molecular weight is 457 g/mol. The molecular weight excluding hydrogens is 438 g/mol. The van der Waals surface area contributed by atoms with Gasteiger partial charge in [0, 0.05) is 23.2 Å². The van der Waals surface area contributed by atoms with Gasteiger partial charge in [-0.15, -0.1) is 0 Å². The van der Waals surface area contributed by atoms with Crippen LogP contribution in [-0.4, -0.2) is 45.0 Å². The first-order valence-electron chi connectivity index (χ1n) is 9.73. The molecule has 0 aliphatic carbocycles. The number of aromatic nitrogens is 2. The number of rotatable bonds is 3. The highest BCUT2D eigenvalue weighted by Crippen LogP contribution is 2.42. The minimum Gasteiger partial charge on any atom is -0.507 e. The summed E-state index contributed by atoms with van der Waals surface area (Å²) < 4.78 is 29.9. The first-order chi connectivity index (χ1) is 15.2. The maximum atomic E-state index is 15.5. The van der Waals surface area contributed by atoms with Gasteiger partial charge in [-0.3, -0.25) is 4.79 Å². The fourth-order valence-electron chi connectivity index (χ4n) is 4.06. The summed E-state index contributed by atoms with van der Waals surface area (Å²) in [6.45, 7) is 10.0. The van der Waals surface area contributed by atoms with E-state index in [4.69, 9.17) is 11.6 Å². The number of anilines is 1. The molecule has 4 rings (SSSR count). The largest absolute Gasteiger partial charge is 0.507 e. The Morgan fingerprint density at radius 2 is 2.06 bits per heavy atom. The van der Waals surface area contributed by atoms with E-state index in [1.807, 2.05) is 11.8 Å². The van der Waals surface area contributed by atoms with Crippen molar-refractivity contribution in [3.8, 4) is 16.9 Å². The molecule has 6 nitrogen and oxygen atoms in total. The summed E-state index contributed by atoms with van der Waals surface area (Å²) >= 11 is 6.37. The molecule has 1 aromatic heterocycles.